The van der Waals surface area contributed by atoms with Gasteiger partial charge in [-0.05, 0) is 12.1 Å². The molecule has 0 aliphatic carbocycles. The van der Waals surface area contributed by atoms with E-state index in [1.54, 1.807) is 12.1 Å². The molecule has 0 saturated heterocycles. The van der Waals surface area contributed by atoms with Crippen molar-refractivity contribution in [1.82, 2.24) is 0 Å². The van der Waals surface area contributed by atoms with Crippen molar-refractivity contribution in [3.63, 3.8) is 0 Å². The first-order valence-corrected chi connectivity index (χ1v) is 4.42. The summed E-state index contributed by atoms with van der Waals surface area (Å²) in [7, 11) is 1.43. The molecule has 89 valence electrons. The minimum Gasteiger partial charge on any atom is -0.504 e. The van der Waals surface area contributed by atoms with E-state index in [2.05, 4.69) is 0 Å². The maximum Gasteiger partial charge on any atom is 0.168 e. The summed E-state index contributed by atoms with van der Waals surface area (Å²) in [5.41, 5.74) is 10.0. The van der Waals surface area contributed by atoms with Gasteiger partial charge in [-0.15, -0.1) is 0 Å². The van der Waals surface area contributed by atoms with Crippen molar-refractivity contribution in [2.24, 2.45) is 11.5 Å². The van der Waals surface area contributed by atoms with E-state index >= 15 is 0 Å². The second-order valence-corrected chi connectivity index (χ2v) is 2.59. The van der Waals surface area contributed by atoms with Crippen LogP contribution >= 0.6 is 0 Å². The number of ether oxygens (including phenoxy) is 1. The standard InChI is InChI=1S/C8H8O3.C2H8N2.V/c1-11-7-4-2-3-6(5-9)8(7)10;3-1-2-4;/h2-5,10H,1H3;1-4H2;. The number of phenols is 1. The van der Waals surface area contributed by atoms with E-state index in [1.165, 1.54) is 13.2 Å². The molecule has 16 heavy (non-hydrogen) atoms. The Hall–Kier alpha value is -1.01. The second-order valence-electron chi connectivity index (χ2n) is 2.59. The summed E-state index contributed by atoms with van der Waals surface area (Å²) in [6.45, 7) is 1.19. The van der Waals surface area contributed by atoms with E-state index in [4.69, 9.17) is 16.2 Å². The molecule has 1 aromatic rings. The average Bonchev–Trinajstić information content (AvgIpc) is 2.30. The van der Waals surface area contributed by atoms with Crippen molar-refractivity contribution in [3.05, 3.63) is 23.8 Å². The molecule has 0 unspecified atom stereocenters. The Kier molecular flexibility index (Phi) is 11.4. The summed E-state index contributed by atoms with van der Waals surface area (Å²) in [6, 6.07) is 4.75. The molecule has 0 amide bonds. The third kappa shape index (κ3) is 5.77. The number of carbonyl (C=O) groups excluding carboxylic acids is 1. The Labute approximate surface area is 107 Å². The quantitative estimate of drug-likeness (QED) is 0.672. The van der Waals surface area contributed by atoms with Crippen LogP contribution in [0.4, 0.5) is 0 Å². The summed E-state index contributed by atoms with van der Waals surface area (Å²) in [4.78, 5) is 10.3. The zero-order chi connectivity index (χ0) is 11.7. The fourth-order valence-corrected chi connectivity index (χ4v) is 0.799. The number of para-hydroxylation sites is 1. The van der Waals surface area contributed by atoms with Crippen molar-refractivity contribution in [1.29, 1.82) is 0 Å². The third-order valence-corrected chi connectivity index (χ3v) is 1.54. The van der Waals surface area contributed by atoms with E-state index in [1.807, 2.05) is 0 Å². The van der Waals surface area contributed by atoms with Gasteiger partial charge in [-0.2, -0.15) is 0 Å². The van der Waals surface area contributed by atoms with Crippen LogP contribution in [0.3, 0.4) is 0 Å². The van der Waals surface area contributed by atoms with E-state index < -0.39 is 0 Å². The summed E-state index contributed by atoms with van der Waals surface area (Å²) >= 11 is 0. The van der Waals surface area contributed by atoms with Crippen molar-refractivity contribution in [2.75, 3.05) is 20.2 Å². The number of hydrogen-bond donors (Lipinski definition) is 3. The molecule has 0 heterocycles. The summed E-state index contributed by atoms with van der Waals surface area (Å²) in [5.74, 6) is 0.208. The van der Waals surface area contributed by atoms with Gasteiger partial charge in [0, 0.05) is 31.6 Å². The van der Waals surface area contributed by atoms with Gasteiger partial charge in [-0.3, -0.25) is 4.79 Å². The number of aldehydes is 1. The molecule has 0 spiro atoms. The van der Waals surface area contributed by atoms with Crippen molar-refractivity contribution in [3.8, 4) is 11.5 Å². The molecule has 1 rings (SSSR count). The number of nitrogens with two attached hydrogens (primary N) is 2. The summed E-state index contributed by atoms with van der Waals surface area (Å²) < 4.78 is 4.78. The fraction of sp³-hybridized carbons (Fsp3) is 0.300. The first-order chi connectivity index (χ1) is 7.21. The predicted molar refractivity (Wildman–Crippen MR) is 58.2 cm³/mol. The van der Waals surface area contributed by atoms with E-state index in [0.29, 0.717) is 25.1 Å². The van der Waals surface area contributed by atoms with Crippen LogP contribution in [-0.2, 0) is 18.6 Å². The van der Waals surface area contributed by atoms with Crippen molar-refractivity contribution < 1.29 is 33.2 Å². The maximum atomic E-state index is 10.3. The molecular weight excluding hydrogens is 247 g/mol. The molecule has 5 N–H and O–H groups in total. The van der Waals surface area contributed by atoms with E-state index in [0.717, 1.165) is 0 Å². The zero-order valence-electron chi connectivity index (χ0n) is 9.09. The number of aromatic hydroxyl groups is 1. The Morgan fingerprint density at radius 3 is 2.31 bits per heavy atom. The number of hydrogen-bond acceptors (Lipinski definition) is 5. The van der Waals surface area contributed by atoms with Gasteiger partial charge in [0.25, 0.3) is 0 Å². The molecule has 0 aromatic heterocycles. The Balaban J connectivity index is 0. The molecule has 1 radical (unpaired) electrons. The first kappa shape index (κ1) is 17.4. The van der Waals surface area contributed by atoms with Crippen LogP contribution in [0.2, 0.25) is 0 Å². The van der Waals surface area contributed by atoms with Crippen LogP contribution in [0.25, 0.3) is 0 Å². The molecule has 5 nitrogen and oxygen atoms in total. The molecule has 6 heteroatoms. The fourth-order valence-electron chi connectivity index (χ4n) is 0.799. The molecule has 0 aliphatic rings. The monoisotopic (exact) mass is 263 g/mol. The van der Waals surface area contributed by atoms with Gasteiger partial charge in [0.15, 0.2) is 17.8 Å². The zero-order valence-corrected chi connectivity index (χ0v) is 10.5. The SMILES string of the molecule is COc1cccc(C=O)c1O.NCCN.[V]. The third-order valence-electron chi connectivity index (χ3n) is 1.54. The van der Waals surface area contributed by atoms with Gasteiger partial charge in [0.05, 0.1) is 12.7 Å². The molecule has 0 atom stereocenters. The number of rotatable bonds is 3. The molecule has 0 fully saturated rings. The van der Waals surface area contributed by atoms with Crippen molar-refractivity contribution in [2.45, 2.75) is 0 Å². The maximum absolute atomic E-state index is 10.3. The number of phenolic OH excluding ortho intramolecular Hbond substituents is 1. The Bertz CT molecular complexity index is 306. The Morgan fingerprint density at radius 1 is 1.38 bits per heavy atom. The number of benzene rings is 1. The average molecular weight is 263 g/mol. The van der Waals surface area contributed by atoms with E-state index in [9.17, 15) is 9.90 Å². The summed E-state index contributed by atoms with van der Waals surface area (Å²) in [6.07, 6.45) is 0.581. The van der Waals surface area contributed by atoms with Gasteiger partial charge in [-0.1, -0.05) is 6.07 Å². The van der Waals surface area contributed by atoms with Gasteiger partial charge in [-0.25, -0.2) is 0 Å². The number of carbonyl (C=O) groups is 1. The minimum atomic E-state index is -0.106. The Morgan fingerprint density at radius 2 is 1.94 bits per heavy atom. The van der Waals surface area contributed by atoms with Gasteiger partial charge >= 0.3 is 0 Å². The van der Waals surface area contributed by atoms with Gasteiger partial charge < -0.3 is 21.3 Å². The van der Waals surface area contributed by atoms with Gasteiger partial charge in [0.2, 0.25) is 0 Å². The number of methoxy groups -OCH3 is 1. The van der Waals surface area contributed by atoms with Crippen LogP contribution in [-0.4, -0.2) is 31.6 Å². The van der Waals surface area contributed by atoms with Crippen LogP contribution in [0.1, 0.15) is 10.4 Å². The predicted octanol–water partition coefficient (Wildman–Crippen LogP) is 0.115. The summed E-state index contributed by atoms with van der Waals surface area (Å²) in [5, 5.41) is 9.23. The molecular formula is C10H16N2O3V. The topological polar surface area (TPSA) is 98.6 Å². The molecule has 0 saturated carbocycles. The molecule has 0 bridgehead atoms. The van der Waals surface area contributed by atoms with Crippen LogP contribution in [0, 0.1) is 0 Å². The second kappa shape index (κ2) is 10.5. The largest absolute Gasteiger partial charge is 0.504 e. The molecule has 1 aromatic carbocycles. The van der Waals surface area contributed by atoms with E-state index in [-0.39, 0.29) is 29.9 Å². The van der Waals surface area contributed by atoms with Crippen LogP contribution in [0.5, 0.6) is 11.5 Å². The normalized spacial score (nSPS) is 8.19. The first-order valence-electron chi connectivity index (χ1n) is 4.42. The minimum absolute atomic E-state index is 0. The molecule has 0 aliphatic heterocycles. The van der Waals surface area contributed by atoms with Crippen LogP contribution < -0.4 is 16.2 Å². The smallest absolute Gasteiger partial charge is 0.168 e. The van der Waals surface area contributed by atoms with Crippen LogP contribution in [0.15, 0.2) is 18.2 Å². The van der Waals surface area contributed by atoms with Crippen molar-refractivity contribution >= 4 is 6.29 Å². The van der Waals surface area contributed by atoms with Gasteiger partial charge in [0.1, 0.15) is 0 Å².